The van der Waals surface area contributed by atoms with Crippen molar-refractivity contribution in [3.05, 3.63) is 23.8 Å². The molecule has 0 saturated carbocycles. The summed E-state index contributed by atoms with van der Waals surface area (Å²) in [6, 6.07) is 5.97. The van der Waals surface area contributed by atoms with E-state index in [0.29, 0.717) is 13.3 Å². The summed E-state index contributed by atoms with van der Waals surface area (Å²) in [5.41, 5.74) is 1.30. The van der Waals surface area contributed by atoms with Crippen molar-refractivity contribution in [2.45, 2.75) is 20.4 Å². The molecule has 0 radical (unpaired) electrons. The number of fused-ring (bicyclic) bond motifs is 1. The Balaban J connectivity index is 0.00000288. The van der Waals surface area contributed by atoms with E-state index in [9.17, 15) is 0 Å². The minimum Gasteiger partial charge on any atom is -0.454 e. The molecule has 2 rings (SSSR count). The van der Waals surface area contributed by atoms with E-state index < -0.39 is 0 Å². The molecule has 1 aliphatic heterocycles. The van der Waals surface area contributed by atoms with E-state index in [1.165, 1.54) is 0 Å². The molecule has 0 aromatic heterocycles. The molecule has 0 unspecified atom stereocenters. The molecule has 6 nitrogen and oxygen atoms in total. The number of halogens is 1. The van der Waals surface area contributed by atoms with Gasteiger partial charge < -0.3 is 25.0 Å². The van der Waals surface area contributed by atoms with Crippen molar-refractivity contribution in [1.82, 2.24) is 15.5 Å². The number of hydrogen-bond acceptors (Lipinski definition) is 4. The van der Waals surface area contributed by atoms with Gasteiger partial charge in [0.05, 0.1) is 0 Å². The second-order valence-corrected chi connectivity index (χ2v) is 6.87. The number of benzene rings is 1. The first-order valence-electron chi connectivity index (χ1n) is 7.87. The van der Waals surface area contributed by atoms with Crippen molar-refractivity contribution in [1.29, 1.82) is 0 Å². The second kappa shape index (κ2) is 9.31. The van der Waals surface area contributed by atoms with E-state index in [1.54, 1.807) is 7.05 Å². The van der Waals surface area contributed by atoms with E-state index in [2.05, 4.69) is 48.5 Å². The summed E-state index contributed by atoms with van der Waals surface area (Å²) >= 11 is 0. The van der Waals surface area contributed by atoms with Crippen LogP contribution in [-0.4, -0.2) is 51.9 Å². The lowest BCUT2D eigenvalue weighted by Crippen LogP contribution is -2.44. The Labute approximate surface area is 162 Å². The highest BCUT2D eigenvalue weighted by Gasteiger charge is 2.19. The molecule has 24 heavy (non-hydrogen) atoms. The van der Waals surface area contributed by atoms with E-state index in [4.69, 9.17) is 9.47 Å². The van der Waals surface area contributed by atoms with Gasteiger partial charge in [0.1, 0.15) is 0 Å². The molecular formula is C17H29IN4O2. The average Bonchev–Trinajstić information content (AvgIpc) is 2.93. The average molecular weight is 448 g/mol. The smallest absolute Gasteiger partial charge is 0.231 e. The number of nitrogens with one attached hydrogen (secondary N) is 2. The van der Waals surface area contributed by atoms with Crippen LogP contribution in [0.15, 0.2) is 23.2 Å². The number of rotatable bonds is 6. The van der Waals surface area contributed by atoms with Crippen LogP contribution in [-0.2, 0) is 6.54 Å². The monoisotopic (exact) mass is 448 g/mol. The van der Waals surface area contributed by atoms with Gasteiger partial charge >= 0.3 is 0 Å². The van der Waals surface area contributed by atoms with Gasteiger partial charge in [0.25, 0.3) is 0 Å². The molecule has 1 aromatic rings. The predicted octanol–water partition coefficient (Wildman–Crippen LogP) is 2.29. The largest absolute Gasteiger partial charge is 0.454 e. The molecule has 0 spiro atoms. The molecule has 1 aliphatic rings. The molecule has 1 aromatic carbocycles. The second-order valence-electron chi connectivity index (χ2n) is 6.87. The van der Waals surface area contributed by atoms with Gasteiger partial charge in [-0.15, -0.1) is 24.0 Å². The summed E-state index contributed by atoms with van der Waals surface area (Å²) in [6.07, 6.45) is 0. The van der Waals surface area contributed by atoms with Crippen LogP contribution in [0.25, 0.3) is 0 Å². The summed E-state index contributed by atoms with van der Waals surface area (Å²) in [7, 11) is 5.97. The predicted molar refractivity (Wildman–Crippen MR) is 109 cm³/mol. The van der Waals surface area contributed by atoms with Crippen LogP contribution in [0.5, 0.6) is 11.5 Å². The quantitative estimate of drug-likeness (QED) is 0.398. The Bertz CT molecular complexity index is 562. The summed E-state index contributed by atoms with van der Waals surface area (Å²) < 4.78 is 10.7. The summed E-state index contributed by atoms with van der Waals surface area (Å²) in [6.45, 7) is 7.34. The topological polar surface area (TPSA) is 58.1 Å². The lowest BCUT2D eigenvalue weighted by Gasteiger charge is -2.29. The standard InChI is InChI=1S/C17H28N4O2.HI/c1-17(2,11-21(4)5)10-20-16(18-3)19-9-13-6-7-14-15(8-13)23-12-22-14;/h6-8H,9-12H2,1-5H3,(H2,18,19,20);1H. The van der Waals surface area contributed by atoms with Crippen molar-refractivity contribution < 1.29 is 9.47 Å². The minimum atomic E-state index is 0. The molecular weight excluding hydrogens is 419 g/mol. The maximum Gasteiger partial charge on any atom is 0.231 e. The minimum absolute atomic E-state index is 0. The molecule has 0 aliphatic carbocycles. The first-order valence-corrected chi connectivity index (χ1v) is 7.87. The van der Waals surface area contributed by atoms with Gasteiger partial charge in [-0.25, -0.2) is 0 Å². The molecule has 7 heteroatoms. The maximum absolute atomic E-state index is 5.40. The third kappa shape index (κ3) is 6.35. The maximum atomic E-state index is 5.40. The van der Waals surface area contributed by atoms with Gasteiger partial charge in [0, 0.05) is 26.7 Å². The Kier molecular flexibility index (Phi) is 8.08. The molecule has 2 N–H and O–H groups in total. The molecule has 0 atom stereocenters. The zero-order chi connectivity index (χ0) is 16.9. The summed E-state index contributed by atoms with van der Waals surface area (Å²) in [4.78, 5) is 6.48. The first kappa shape index (κ1) is 20.8. The van der Waals surface area contributed by atoms with Gasteiger partial charge in [-0.3, -0.25) is 4.99 Å². The lowest BCUT2D eigenvalue weighted by atomic mass is 9.93. The van der Waals surface area contributed by atoms with E-state index >= 15 is 0 Å². The van der Waals surface area contributed by atoms with Crippen LogP contribution in [0.3, 0.4) is 0 Å². The molecule has 0 saturated heterocycles. The fourth-order valence-electron chi connectivity index (χ4n) is 2.69. The van der Waals surface area contributed by atoms with Crippen LogP contribution < -0.4 is 20.1 Å². The van der Waals surface area contributed by atoms with Crippen LogP contribution >= 0.6 is 24.0 Å². The molecule has 1 heterocycles. The van der Waals surface area contributed by atoms with Crippen molar-refractivity contribution in [2.24, 2.45) is 10.4 Å². The van der Waals surface area contributed by atoms with E-state index in [-0.39, 0.29) is 29.4 Å². The van der Waals surface area contributed by atoms with Crippen LogP contribution in [0, 0.1) is 5.41 Å². The first-order chi connectivity index (χ1) is 10.9. The van der Waals surface area contributed by atoms with Crippen molar-refractivity contribution in [2.75, 3.05) is 41.0 Å². The van der Waals surface area contributed by atoms with Gasteiger partial charge in [0.2, 0.25) is 6.79 Å². The Hall–Kier alpha value is -1.22. The number of guanidine groups is 1. The Morgan fingerprint density at radius 2 is 1.92 bits per heavy atom. The zero-order valence-electron chi connectivity index (χ0n) is 15.2. The number of hydrogen-bond donors (Lipinski definition) is 2. The van der Waals surface area contributed by atoms with E-state index in [0.717, 1.165) is 36.1 Å². The fraction of sp³-hybridized carbons (Fsp3) is 0.588. The van der Waals surface area contributed by atoms with Gasteiger partial charge in [-0.05, 0) is 37.2 Å². The van der Waals surface area contributed by atoms with Gasteiger partial charge in [0.15, 0.2) is 17.5 Å². The van der Waals surface area contributed by atoms with Gasteiger partial charge in [-0.1, -0.05) is 19.9 Å². The SMILES string of the molecule is CN=C(NCc1ccc2c(c1)OCO2)NCC(C)(C)CN(C)C.I. The van der Waals surface area contributed by atoms with E-state index in [1.807, 2.05) is 18.2 Å². The Morgan fingerprint density at radius 1 is 1.21 bits per heavy atom. The molecule has 0 fully saturated rings. The van der Waals surface area contributed by atoms with Crippen molar-refractivity contribution in [3.63, 3.8) is 0 Å². The molecule has 136 valence electrons. The summed E-state index contributed by atoms with van der Waals surface area (Å²) in [5.74, 6) is 2.41. The van der Waals surface area contributed by atoms with Crippen LogP contribution in [0.1, 0.15) is 19.4 Å². The lowest BCUT2D eigenvalue weighted by molar-refractivity contribution is 0.174. The van der Waals surface area contributed by atoms with Crippen molar-refractivity contribution in [3.8, 4) is 11.5 Å². The fourth-order valence-corrected chi connectivity index (χ4v) is 2.69. The van der Waals surface area contributed by atoms with Crippen molar-refractivity contribution >= 4 is 29.9 Å². The third-order valence-electron chi connectivity index (χ3n) is 3.60. The molecule has 0 amide bonds. The third-order valence-corrected chi connectivity index (χ3v) is 3.60. The normalized spacial score (nSPS) is 13.7. The highest BCUT2D eigenvalue weighted by Crippen LogP contribution is 2.32. The van der Waals surface area contributed by atoms with Gasteiger partial charge in [-0.2, -0.15) is 0 Å². The number of aliphatic imine (C=N–C) groups is 1. The Morgan fingerprint density at radius 3 is 2.58 bits per heavy atom. The number of nitrogens with zero attached hydrogens (tertiary/aromatic N) is 2. The highest BCUT2D eigenvalue weighted by atomic mass is 127. The molecule has 0 bridgehead atoms. The highest BCUT2D eigenvalue weighted by molar-refractivity contribution is 14.0. The number of ether oxygens (including phenoxy) is 2. The zero-order valence-corrected chi connectivity index (χ0v) is 17.5. The van der Waals surface area contributed by atoms with Crippen LogP contribution in [0.4, 0.5) is 0 Å². The summed E-state index contributed by atoms with van der Waals surface area (Å²) in [5, 5.41) is 6.73. The van der Waals surface area contributed by atoms with Crippen LogP contribution in [0.2, 0.25) is 0 Å².